The molecule has 2 aromatic rings. The molecule has 1 aliphatic carbocycles. The lowest BCUT2D eigenvalue weighted by Gasteiger charge is -2.08. The van der Waals surface area contributed by atoms with Crippen LogP contribution in [0.25, 0.3) is 10.9 Å². The maximum Gasteiger partial charge on any atom is 0.137 e. The normalized spacial score (nSPS) is 22.1. The Morgan fingerprint density at radius 1 is 1.39 bits per heavy atom. The van der Waals surface area contributed by atoms with E-state index in [1.807, 2.05) is 18.2 Å². The zero-order valence-electron chi connectivity index (χ0n) is 10.6. The minimum atomic E-state index is 0.584. The lowest BCUT2D eigenvalue weighted by atomic mass is 10.2. The summed E-state index contributed by atoms with van der Waals surface area (Å²) in [6.07, 6.45) is 5.41. The molecular formula is C14H18N4. The van der Waals surface area contributed by atoms with E-state index >= 15 is 0 Å². The van der Waals surface area contributed by atoms with E-state index in [0.29, 0.717) is 6.04 Å². The Balaban J connectivity index is 1.84. The fourth-order valence-electron chi connectivity index (χ4n) is 2.48. The smallest absolute Gasteiger partial charge is 0.137 e. The van der Waals surface area contributed by atoms with Crippen molar-refractivity contribution in [3.63, 3.8) is 0 Å². The Labute approximate surface area is 107 Å². The molecule has 0 amide bonds. The Bertz CT molecular complexity index is 567. The van der Waals surface area contributed by atoms with Gasteiger partial charge in [-0.3, -0.25) is 0 Å². The molecule has 1 aromatic carbocycles. The number of nitrogens with one attached hydrogen (secondary N) is 1. The number of nitrogen functional groups attached to an aromatic ring is 1. The molecule has 0 saturated heterocycles. The minimum Gasteiger partial charge on any atom is -0.399 e. The molecule has 1 saturated carbocycles. The van der Waals surface area contributed by atoms with E-state index in [0.717, 1.165) is 28.3 Å². The van der Waals surface area contributed by atoms with Crippen LogP contribution in [0.1, 0.15) is 26.2 Å². The highest BCUT2D eigenvalue weighted by Crippen LogP contribution is 2.37. The van der Waals surface area contributed by atoms with Gasteiger partial charge in [-0.1, -0.05) is 13.3 Å². The van der Waals surface area contributed by atoms with Crippen LogP contribution >= 0.6 is 0 Å². The molecule has 0 bridgehead atoms. The fourth-order valence-corrected chi connectivity index (χ4v) is 2.48. The molecule has 0 aliphatic heterocycles. The molecular weight excluding hydrogens is 224 g/mol. The second-order valence-electron chi connectivity index (χ2n) is 5.03. The van der Waals surface area contributed by atoms with Gasteiger partial charge in [0.05, 0.1) is 5.52 Å². The third-order valence-corrected chi connectivity index (χ3v) is 3.56. The van der Waals surface area contributed by atoms with Gasteiger partial charge in [-0.05, 0) is 37.0 Å². The number of anilines is 2. The van der Waals surface area contributed by atoms with Crippen LogP contribution < -0.4 is 11.1 Å². The Hall–Kier alpha value is -1.84. The zero-order valence-corrected chi connectivity index (χ0v) is 10.6. The van der Waals surface area contributed by atoms with Crippen molar-refractivity contribution in [2.75, 3.05) is 11.1 Å². The first-order valence-corrected chi connectivity index (χ1v) is 6.54. The molecule has 0 radical (unpaired) electrons. The molecule has 1 aliphatic rings. The quantitative estimate of drug-likeness (QED) is 0.809. The largest absolute Gasteiger partial charge is 0.399 e. The number of nitrogens with two attached hydrogens (primary N) is 1. The molecule has 1 aromatic heterocycles. The first-order chi connectivity index (χ1) is 8.78. The molecule has 2 atom stereocenters. The van der Waals surface area contributed by atoms with Gasteiger partial charge in [-0.15, -0.1) is 0 Å². The highest BCUT2D eigenvalue weighted by Gasteiger charge is 2.36. The number of rotatable bonds is 4. The second-order valence-corrected chi connectivity index (χ2v) is 5.03. The van der Waals surface area contributed by atoms with Gasteiger partial charge in [0.2, 0.25) is 0 Å². The van der Waals surface area contributed by atoms with Gasteiger partial charge < -0.3 is 11.1 Å². The van der Waals surface area contributed by atoms with Crippen molar-refractivity contribution in [1.82, 2.24) is 9.97 Å². The van der Waals surface area contributed by atoms with E-state index in [2.05, 4.69) is 22.2 Å². The molecule has 4 nitrogen and oxygen atoms in total. The number of fused-ring (bicyclic) bond motifs is 1. The van der Waals surface area contributed by atoms with Gasteiger partial charge in [0.15, 0.2) is 0 Å². The van der Waals surface area contributed by atoms with Gasteiger partial charge in [-0.2, -0.15) is 0 Å². The van der Waals surface area contributed by atoms with E-state index in [1.165, 1.54) is 19.3 Å². The van der Waals surface area contributed by atoms with Crippen LogP contribution in [-0.2, 0) is 0 Å². The Kier molecular flexibility index (Phi) is 2.78. The van der Waals surface area contributed by atoms with Crippen molar-refractivity contribution in [2.24, 2.45) is 5.92 Å². The van der Waals surface area contributed by atoms with Crippen molar-refractivity contribution in [3.8, 4) is 0 Å². The van der Waals surface area contributed by atoms with Crippen molar-refractivity contribution >= 4 is 22.4 Å². The van der Waals surface area contributed by atoms with Crippen molar-refractivity contribution in [3.05, 3.63) is 24.5 Å². The van der Waals surface area contributed by atoms with Crippen LogP contribution in [0.15, 0.2) is 24.5 Å². The Morgan fingerprint density at radius 3 is 3.11 bits per heavy atom. The standard InChI is InChI=1S/C14H18N4/c1-2-3-9-6-12(9)18-14-11-5-4-10(15)7-13(11)16-8-17-14/h4-5,7-9,12H,2-3,6,15H2,1H3,(H,16,17,18). The summed E-state index contributed by atoms with van der Waals surface area (Å²) in [5, 5.41) is 4.57. The molecule has 18 heavy (non-hydrogen) atoms. The lowest BCUT2D eigenvalue weighted by Crippen LogP contribution is -2.07. The van der Waals surface area contributed by atoms with Crippen LogP contribution in [0.5, 0.6) is 0 Å². The summed E-state index contributed by atoms with van der Waals surface area (Å²) >= 11 is 0. The van der Waals surface area contributed by atoms with Gasteiger partial charge in [0.1, 0.15) is 12.1 Å². The van der Waals surface area contributed by atoms with E-state index in [9.17, 15) is 0 Å². The molecule has 1 heterocycles. The summed E-state index contributed by atoms with van der Waals surface area (Å²) < 4.78 is 0. The lowest BCUT2D eigenvalue weighted by molar-refractivity contribution is 0.692. The second kappa shape index (κ2) is 4.44. The average Bonchev–Trinajstić information content (AvgIpc) is 3.08. The topological polar surface area (TPSA) is 63.8 Å². The summed E-state index contributed by atoms with van der Waals surface area (Å²) in [6.45, 7) is 2.23. The molecule has 3 N–H and O–H groups in total. The van der Waals surface area contributed by atoms with Gasteiger partial charge in [0, 0.05) is 17.1 Å². The third-order valence-electron chi connectivity index (χ3n) is 3.56. The van der Waals surface area contributed by atoms with Gasteiger partial charge >= 0.3 is 0 Å². The van der Waals surface area contributed by atoms with Crippen LogP contribution in [0.3, 0.4) is 0 Å². The Morgan fingerprint density at radius 2 is 2.28 bits per heavy atom. The van der Waals surface area contributed by atoms with Gasteiger partial charge in [-0.25, -0.2) is 9.97 Å². The third kappa shape index (κ3) is 2.10. The number of hydrogen-bond acceptors (Lipinski definition) is 4. The molecule has 2 unspecified atom stereocenters. The van der Waals surface area contributed by atoms with Crippen LogP contribution in [0.4, 0.5) is 11.5 Å². The predicted molar refractivity (Wildman–Crippen MR) is 74.4 cm³/mol. The minimum absolute atomic E-state index is 0.584. The number of benzene rings is 1. The average molecular weight is 242 g/mol. The number of nitrogens with zero attached hydrogens (tertiary/aromatic N) is 2. The highest BCUT2D eigenvalue weighted by molar-refractivity contribution is 5.90. The summed E-state index contributed by atoms with van der Waals surface area (Å²) in [4.78, 5) is 8.60. The van der Waals surface area contributed by atoms with E-state index in [-0.39, 0.29) is 0 Å². The predicted octanol–water partition coefficient (Wildman–Crippen LogP) is 2.81. The van der Waals surface area contributed by atoms with E-state index < -0.39 is 0 Å². The molecule has 1 fully saturated rings. The van der Waals surface area contributed by atoms with Crippen LogP contribution in [0, 0.1) is 5.92 Å². The van der Waals surface area contributed by atoms with Crippen LogP contribution in [-0.4, -0.2) is 16.0 Å². The maximum absolute atomic E-state index is 5.77. The molecule has 0 spiro atoms. The maximum atomic E-state index is 5.77. The number of hydrogen-bond donors (Lipinski definition) is 2. The van der Waals surface area contributed by atoms with Gasteiger partial charge in [0.25, 0.3) is 0 Å². The summed E-state index contributed by atoms with van der Waals surface area (Å²) in [6, 6.07) is 6.36. The first-order valence-electron chi connectivity index (χ1n) is 6.54. The summed E-state index contributed by atoms with van der Waals surface area (Å²) in [7, 11) is 0. The summed E-state index contributed by atoms with van der Waals surface area (Å²) in [5.74, 6) is 1.75. The van der Waals surface area contributed by atoms with Crippen molar-refractivity contribution < 1.29 is 0 Å². The van der Waals surface area contributed by atoms with Crippen molar-refractivity contribution in [2.45, 2.75) is 32.2 Å². The fraction of sp³-hybridized carbons (Fsp3) is 0.429. The zero-order chi connectivity index (χ0) is 12.5. The monoisotopic (exact) mass is 242 g/mol. The van der Waals surface area contributed by atoms with E-state index in [4.69, 9.17) is 5.73 Å². The number of aromatic nitrogens is 2. The van der Waals surface area contributed by atoms with E-state index in [1.54, 1.807) is 6.33 Å². The SMILES string of the molecule is CCCC1CC1Nc1ncnc2cc(N)ccc12. The van der Waals surface area contributed by atoms with Crippen LogP contribution in [0.2, 0.25) is 0 Å². The highest BCUT2D eigenvalue weighted by atomic mass is 15.1. The summed E-state index contributed by atoms with van der Waals surface area (Å²) in [5.41, 5.74) is 7.41. The molecule has 4 heteroatoms. The van der Waals surface area contributed by atoms with Crippen molar-refractivity contribution in [1.29, 1.82) is 0 Å². The molecule has 94 valence electrons. The molecule has 3 rings (SSSR count). The first kappa shape index (κ1) is 11.3.